The van der Waals surface area contributed by atoms with Crippen molar-refractivity contribution in [2.45, 2.75) is 6.61 Å². The highest BCUT2D eigenvalue weighted by Gasteiger charge is 2.05. The van der Waals surface area contributed by atoms with Gasteiger partial charge in [0.2, 0.25) is 0 Å². The number of nitrogens with zero attached hydrogens (tertiary/aromatic N) is 2. The van der Waals surface area contributed by atoms with Crippen molar-refractivity contribution in [1.82, 2.24) is 9.78 Å². The summed E-state index contributed by atoms with van der Waals surface area (Å²) < 4.78 is 20.0. The first kappa shape index (κ1) is 10.5. The van der Waals surface area contributed by atoms with Crippen LogP contribution in [0.5, 0.6) is 5.75 Å². The van der Waals surface area contributed by atoms with Crippen LogP contribution in [0.15, 0.2) is 30.3 Å². The van der Waals surface area contributed by atoms with E-state index < -0.39 is 0 Å². The molecule has 0 unspecified atom stereocenters. The number of nitrogen functional groups attached to an aromatic ring is 1. The van der Waals surface area contributed by atoms with Crippen LogP contribution in [0.1, 0.15) is 5.69 Å². The van der Waals surface area contributed by atoms with Gasteiger partial charge in [-0.3, -0.25) is 4.68 Å². The van der Waals surface area contributed by atoms with E-state index in [4.69, 9.17) is 10.5 Å². The fraction of sp³-hybridized carbons (Fsp3) is 0.182. The smallest absolute Gasteiger partial charge is 0.165 e. The van der Waals surface area contributed by atoms with Crippen molar-refractivity contribution in [3.05, 3.63) is 41.8 Å². The average Bonchev–Trinajstić information content (AvgIpc) is 2.57. The lowest BCUT2D eigenvalue weighted by atomic mass is 10.3. The lowest BCUT2D eigenvalue weighted by Gasteiger charge is -2.04. The van der Waals surface area contributed by atoms with Crippen LogP contribution in [0.2, 0.25) is 0 Å². The number of hydrogen-bond donors (Lipinski definition) is 1. The van der Waals surface area contributed by atoms with Crippen molar-refractivity contribution in [3.63, 3.8) is 0 Å². The van der Waals surface area contributed by atoms with Crippen LogP contribution in [-0.2, 0) is 13.7 Å². The molecule has 0 atom stereocenters. The highest BCUT2D eigenvalue weighted by atomic mass is 19.1. The van der Waals surface area contributed by atoms with Crippen molar-refractivity contribution in [2.75, 3.05) is 5.73 Å². The third-order valence-electron chi connectivity index (χ3n) is 2.18. The molecule has 0 aliphatic heterocycles. The molecule has 0 saturated heterocycles. The maximum Gasteiger partial charge on any atom is 0.165 e. The van der Waals surface area contributed by atoms with Crippen molar-refractivity contribution in [2.24, 2.45) is 7.05 Å². The van der Waals surface area contributed by atoms with Gasteiger partial charge in [-0.15, -0.1) is 0 Å². The molecular formula is C11H12FN3O. The molecule has 0 spiro atoms. The summed E-state index contributed by atoms with van der Waals surface area (Å²) in [5, 5.41) is 4.10. The summed E-state index contributed by atoms with van der Waals surface area (Å²) in [5.41, 5.74) is 6.28. The highest BCUT2D eigenvalue weighted by Crippen LogP contribution is 2.17. The lowest BCUT2D eigenvalue weighted by molar-refractivity contribution is 0.285. The topological polar surface area (TPSA) is 53.1 Å². The monoisotopic (exact) mass is 221 g/mol. The number of aromatic nitrogens is 2. The Bertz CT molecular complexity index is 476. The number of aryl methyl sites for hydroxylation is 1. The lowest BCUT2D eigenvalue weighted by Crippen LogP contribution is -2.00. The molecule has 2 aromatic rings. The number of halogens is 1. The van der Waals surface area contributed by atoms with Gasteiger partial charge in [0.25, 0.3) is 0 Å². The van der Waals surface area contributed by atoms with Gasteiger partial charge >= 0.3 is 0 Å². The number of anilines is 1. The van der Waals surface area contributed by atoms with Gasteiger partial charge in [-0.1, -0.05) is 12.1 Å². The van der Waals surface area contributed by atoms with Gasteiger partial charge in [0.05, 0.1) is 0 Å². The Hall–Kier alpha value is -2.04. The zero-order valence-corrected chi connectivity index (χ0v) is 8.85. The van der Waals surface area contributed by atoms with E-state index >= 15 is 0 Å². The Labute approximate surface area is 92.4 Å². The zero-order valence-electron chi connectivity index (χ0n) is 8.85. The van der Waals surface area contributed by atoms with Crippen LogP contribution in [0.25, 0.3) is 0 Å². The minimum absolute atomic E-state index is 0.200. The van der Waals surface area contributed by atoms with Crippen LogP contribution < -0.4 is 10.5 Å². The minimum Gasteiger partial charge on any atom is -0.484 e. The van der Waals surface area contributed by atoms with Crippen LogP contribution >= 0.6 is 0 Å². The van der Waals surface area contributed by atoms with Crippen LogP contribution in [0.4, 0.5) is 10.2 Å². The van der Waals surface area contributed by atoms with Crippen LogP contribution in [0, 0.1) is 5.82 Å². The second-order valence-electron chi connectivity index (χ2n) is 3.40. The molecule has 0 saturated carbocycles. The normalized spacial score (nSPS) is 10.4. The summed E-state index contributed by atoms with van der Waals surface area (Å²) in [6, 6.07) is 7.94. The van der Waals surface area contributed by atoms with Crippen LogP contribution in [0.3, 0.4) is 0 Å². The molecule has 0 bridgehead atoms. The second kappa shape index (κ2) is 4.22. The summed E-state index contributed by atoms with van der Waals surface area (Å²) in [6.07, 6.45) is 0. The van der Waals surface area contributed by atoms with Crippen molar-refractivity contribution in [3.8, 4) is 5.75 Å². The van der Waals surface area contributed by atoms with Gasteiger partial charge < -0.3 is 10.5 Å². The first-order valence-electron chi connectivity index (χ1n) is 4.82. The summed E-state index contributed by atoms with van der Waals surface area (Å²) in [5.74, 6) is 0.380. The van der Waals surface area contributed by atoms with E-state index in [9.17, 15) is 4.39 Å². The molecule has 84 valence electrons. The first-order chi connectivity index (χ1) is 7.66. The zero-order chi connectivity index (χ0) is 11.5. The number of ether oxygens (including phenoxy) is 1. The van der Waals surface area contributed by atoms with Crippen molar-refractivity contribution >= 4 is 5.82 Å². The molecule has 0 aliphatic carbocycles. The quantitative estimate of drug-likeness (QED) is 0.858. The highest BCUT2D eigenvalue weighted by molar-refractivity contribution is 5.30. The van der Waals surface area contributed by atoms with Gasteiger partial charge in [-0.2, -0.15) is 5.10 Å². The third-order valence-corrected chi connectivity index (χ3v) is 2.18. The molecule has 16 heavy (non-hydrogen) atoms. The first-order valence-corrected chi connectivity index (χ1v) is 4.82. The molecule has 1 heterocycles. The molecule has 4 nitrogen and oxygen atoms in total. The molecular weight excluding hydrogens is 209 g/mol. The van der Waals surface area contributed by atoms with Crippen molar-refractivity contribution < 1.29 is 9.13 Å². The SMILES string of the molecule is Cn1nc(COc2ccccc2F)cc1N. The number of nitrogens with two attached hydrogens (primary N) is 1. The number of para-hydroxylation sites is 1. The van der Waals surface area contributed by atoms with E-state index in [1.807, 2.05) is 0 Å². The van der Waals surface area contributed by atoms with E-state index in [2.05, 4.69) is 5.10 Å². The van der Waals surface area contributed by atoms with Gasteiger partial charge in [0.1, 0.15) is 18.1 Å². The molecule has 0 amide bonds. The van der Waals surface area contributed by atoms with E-state index in [0.29, 0.717) is 11.5 Å². The van der Waals surface area contributed by atoms with Gasteiger partial charge in [0, 0.05) is 13.1 Å². The Kier molecular flexibility index (Phi) is 2.76. The molecule has 0 radical (unpaired) electrons. The molecule has 5 heteroatoms. The molecule has 0 aliphatic rings. The van der Waals surface area contributed by atoms with Gasteiger partial charge in [-0.25, -0.2) is 4.39 Å². The summed E-state index contributed by atoms with van der Waals surface area (Å²) in [7, 11) is 1.74. The summed E-state index contributed by atoms with van der Waals surface area (Å²) in [6.45, 7) is 0.200. The Balaban J connectivity index is 2.05. The minimum atomic E-state index is -0.383. The molecule has 2 N–H and O–H groups in total. The summed E-state index contributed by atoms with van der Waals surface area (Å²) in [4.78, 5) is 0. The largest absolute Gasteiger partial charge is 0.484 e. The molecule has 2 rings (SSSR count). The average molecular weight is 221 g/mol. The van der Waals surface area contributed by atoms with E-state index in [-0.39, 0.29) is 18.2 Å². The fourth-order valence-electron chi connectivity index (χ4n) is 1.33. The predicted octanol–water partition coefficient (Wildman–Crippen LogP) is 1.72. The Morgan fingerprint density at radius 1 is 1.44 bits per heavy atom. The maximum atomic E-state index is 13.2. The van der Waals surface area contributed by atoms with Crippen molar-refractivity contribution in [1.29, 1.82) is 0 Å². The fourth-order valence-corrected chi connectivity index (χ4v) is 1.33. The second-order valence-corrected chi connectivity index (χ2v) is 3.40. The van der Waals surface area contributed by atoms with Gasteiger partial charge in [-0.05, 0) is 12.1 Å². The molecule has 1 aromatic heterocycles. The third kappa shape index (κ3) is 2.13. The standard InChI is InChI=1S/C11H12FN3O/c1-15-11(13)6-8(14-15)7-16-10-5-3-2-4-9(10)12/h2-6H,7,13H2,1H3. The maximum absolute atomic E-state index is 13.2. The Morgan fingerprint density at radius 2 is 2.19 bits per heavy atom. The number of hydrogen-bond acceptors (Lipinski definition) is 3. The van der Waals surface area contributed by atoms with E-state index in [1.54, 1.807) is 36.0 Å². The van der Waals surface area contributed by atoms with E-state index in [0.717, 1.165) is 0 Å². The van der Waals surface area contributed by atoms with Crippen LogP contribution in [-0.4, -0.2) is 9.78 Å². The number of rotatable bonds is 3. The number of benzene rings is 1. The molecule has 1 aromatic carbocycles. The summed E-state index contributed by atoms with van der Waals surface area (Å²) >= 11 is 0. The van der Waals surface area contributed by atoms with E-state index in [1.165, 1.54) is 6.07 Å². The Morgan fingerprint density at radius 3 is 2.81 bits per heavy atom. The predicted molar refractivity (Wildman–Crippen MR) is 58.4 cm³/mol. The van der Waals surface area contributed by atoms with Gasteiger partial charge in [0.15, 0.2) is 11.6 Å². The molecule has 0 fully saturated rings.